The smallest absolute Gasteiger partial charge is 0.244 e. The minimum absolute atomic E-state index is 0.106. The molecule has 0 N–H and O–H groups in total. The molecule has 3 saturated heterocycles. The standard InChI is InChI=1S/C17H25N7O2/c1-11-16(12(2)26-19-11)9-22-6-14-4-5-15(8-22)23(7-14)17(25)10-24-13(3)18-20-21-24/h14-15H,4-10H2,1-3H3/t14-,15+/m1/s1. The van der Waals surface area contributed by atoms with Crippen LogP contribution < -0.4 is 0 Å². The maximum atomic E-state index is 12.9. The van der Waals surface area contributed by atoms with Crippen LogP contribution in [-0.2, 0) is 17.9 Å². The van der Waals surface area contributed by atoms with Crippen molar-refractivity contribution >= 4 is 5.91 Å². The largest absolute Gasteiger partial charge is 0.361 e. The summed E-state index contributed by atoms with van der Waals surface area (Å²) in [5.74, 6) is 2.17. The minimum atomic E-state index is 0.106. The van der Waals surface area contributed by atoms with Gasteiger partial charge in [0, 0.05) is 37.8 Å². The van der Waals surface area contributed by atoms with Crippen molar-refractivity contribution in [3.63, 3.8) is 0 Å². The van der Waals surface area contributed by atoms with E-state index in [2.05, 4.69) is 25.6 Å². The van der Waals surface area contributed by atoms with E-state index in [9.17, 15) is 4.79 Å². The van der Waals surface area contributed by atoms with E-state index in [4.69, 9.17) is 4.52 Å². The molecule has 5 rings (SSSR count). The second-order valence-corrected chi connectivity index (χ2v) is 7.52. The lowest BCUT2D eigenvalue weighted by atomic mass is 9.95. The molecule has 0 aliphatic carbocycles. The van der Waals surface area contributed by atoms with E-state index in [1.165, 1.54) is 12.0 Å². The molecule has 2 bridgehead atoms. The number of piperidine rings is 1. The third-order valence-corrected chi connectivity index (χ3v) is 5.67. The van der Waals surface area contributed by atoms with Gasteiger partial charge in [-0.3, -0.25) is 9.69 Å². The Morgan fingerprint density at radius 1 is 1.19 bits per heavy atom. The summed E-state index contributed by atoms with van der Waals surface area (Å²) in [5.41, 5.74) is 2.13. The molecule has 9 nitrogen and oxygen atoms in total. The number of nitrogens with zero attached hydrogens (tertiary/aromatic N) is 7. The van der Waals surface area contributed by atoms with E-state index in [0.29, 0.717) is 11.7 Å². The molecular formula is C17H25N7O2. The second kappa shape index (κ2) is 6.79. The summed E-state index contributed by atoms with van der Waals surface area (Å²) in [5, 5.41) is 15.5. The number of hydrogen-bond donors (Lipinski definition) is 0. The van der Waals surface area contributed by atoms with Crippen molar-refractivity contribution in [2.45, 2.75) is 52.7 Å². The van der Waals surface area contributed by atoms with E-state index in [0.717, 1.165) is 44.1 Å². The molecule has 3 aliphatic rings. The van der Waals surface area contributed by atoms with E-state index >= 15 is 0 Å². The highest BCUT2D eigenvalue weighted by Crippen LogP contribution is 2.29. The molecule has 140 valence electrons. The van der Waals surface area contributed by atoms with Crippen LogP contribution in [0.3, 0.4) is 0 Å². The topological polar surface area (TPSA) is 93.2 Å². The highest BCUT2D eigenvalue weighted by atomic mass is 16.5. The lowest BCUT2D eigenvalue weighted by Gasteiger charge is -2.36. The molecule has 26 heavy (non-hydrogen) atoms. The fourth-order valence-corrected chi connectivity index (χ4v) is 4.18. The molecular weight excluding hydrogens is 334 g/mol. The van der Waals surface area contributed by atoms with E-state index in [1.54, 1.807) is 4.68 Å². The van der Waals surface area contributed by atoms with Crippen molar-refractivity contribution in [1.82, 2.24) is 35.2 Å². The molecule has 2 atom stereocenters. The van der Waals surface area contributed by atoms with Crippen LogP contribution in [0.2, 0.25) is 0 Å². The second-order valence-electron chi connectivity index (χ2n) is 7.52. The van der Waals surface area contributed by atoms with Crippen molar-refractivity contribution in [1.29, 1.82) is 0 Å². The van der Waals surface area contributed by atoms with Gasteiger partial charge in [0.1, 0.15) is 18.1 Å². The van der Waals surface area contributed by atoms with Crippen molar-refractivity contribution in [3.05, 3.63) is 22.8 Å². The van der Waals surface area contributed by atoms with Gasteiger partial charge in [0.25, 0.3) is 0 Å². The predicted molar refractivity (Wildman–Crippen MR) is 92.0 cm³/mol. The summed E-state index contributed by atoms with van der Waals surface area (Å²) >= 11 is 0. The number of rotatable bonds is 4. The van der Waals surface area contributed by atoms with E-state index in [-0.39, 0.29) is 18.5 Å². The first-order chi connectivity index (χ1) is 12.5. The molecule has 0 saturated carbocycles. The average Bonchev–Trinajstić information content (AvgIpc) is 3.02. The molecule has 1 amide bonds. The predicted octanol–water partition coefficient (Wildman–Crippen LogP) is 0.709. The highest BCUT2D eigenvalue weighted by molar-refractivity contribution is 5.76. The lowest BCUT2D eigenvalue weighted by molar-refractivity contribution is -0.136. The zero-order chi connectivity index (χ0) is 18.3. The van der Waals surface area contributed by atoms with Crippen LogP contribution in [-0.4, -0.2) is 66.7 Å². The van der Waals surface area contributed by atoms with E-state index < -0.39 is 0 Å². The van der Waals surface area contributed by atoms with Crippen LogP contribution in [0.1, 0.15) is 35.7 Å². The van der Waals surface area contributed by atoms with Gasteiger partial charge in [-0.15, -0.1) is 5.10 Å². The van der Waals surface area contributed by atoms with Gasteiger partial charge in [-0.25, -0.2) is 4.68 Å². The zero-order valence-electron chi connectivity index (χ0n) is 15.6. The summed E-state index contributed by atoms with van der Waals surface area (Å²) < 4.78 is 6.88. The van der Waals surface area contributed by atoms with Crippen molar-refractivity contribution in [3.8, 4) is 0 Å². The molecule has 9 heteroatoms. The highest BCUT2D eigenvalue weighted by Gasteiger charge is 2.37. The Hall–Kier alpha value is -2.29. The van der Waals surface area contributed by atoms with Gasteiger partial charge in [0.2, 0.25) is 5.91 Å². The Morgan fingerprint density at radius 2 is 2.04 bits per heavy atom. The number of aromatic nitrogens is 5. The monoisotopic (exact) mass is 359 g/mol. The number of carbonyl (C=O) groups excluding carboxylic acids is 1. The number of fused-ring (bicyclic) bond motifs is 4. The van der Waals surface area contributed by atoms with Gasteiger partial charge in [-0.2, -0.15) is 0 Å². The molecule has 2 aromatic rings. The van der Waals surface area contributed by atoms with Crippen LogP contribution in [0.5, 0.6) is 0 Å². The quantitative estimate of drug-likeness (QED) is 0.793. The van der Waals surface area contributed by atoms with Crippen LogP contribution >= 0.6 is 0 Å². The van der Waals surface area contributed by atoms with Crippen molar-refractivity contribution in [2.24, 2.45) is 5.92 Å². The molecule has 0 unspecified atom stereocenters. The summed E-state index contributed by atoms with van der Waals surface area (Å²) in [6.45, 7) is 9.54. The van der Waals surface area contributed by atoms with Gasteiger partial charge in [0.15, 0.2) is 0 Å². The third kappa shape index (κ3) is 3.23. The van der Waals surface area contributed by atoms with Crippen molar-refractivity contribution < 1.29 is 9.32 Å². The number of hydrogen-bond acceptors (Lipinski definition) is 7. The molecule has 0 radical (unpaired) electrons. The third-order valence-electron chi connectivity index (χ3n) is 5.67. The fraction of sp³-hybridized carbons (Fsp3) is 0.706. The summed E-state index contributed by atoms with van der Waals surface area (Å²) in [6, 6.07) is 0.249. The molecule has 0 spiro atoms. The average molecular weight is 359 g/mol. The summed E-state index contributed by atoms with van der Waals surface area (Å²) in [6.07, 6.45) is 2.24. The Kier molecular flexibility index (Phi) is 4.47. The normalized spacial score (nSPS) is 23.4. The Labute approximate surface area is 152 Å². The maximum Gasteiger partial charge on any atom is 0.244 e. The zero-order valence-corrected chi connectivity index (χ0v) is 15.6. The number of amides is 1. The Morgan fingerprint density at radius 3 is 2.73 bits per heavy atom. The molecule has 2 aromatic heterocycles. The first-order valence-electron chi connectivity index (χ1n) is 9.17. The van der Waals surface area contributed by atoms with Gasteiger partial charge in [-0.05, 0) is 50.0 Å². The van der Waals surface area contributed by atoms with Gasteiger partial charge < -0.3 is 9.42 Å². The SMILES string of the molecule is Cc1noc(C)c1CN1C[C@H]2CC[C@@H](C1)N(C(=O)Cn1nnnc1C)C2. The summed E-state index contributed by atoms with van der Waals surface area (Å²) in [7, 11) is 0. The number of carbonyl (C=O) groups is 1. The summed E-state index contributed by atoms with van der Waals surface area (Å²) in [4.78, 5) is 17.4. The van der Waals surface area contributed by atoms with Gasteiger partial charge in [-0.1, -0.05) is 5.16 Å². The van der Waals surface area contributed by atoms with Crippen LogP contribution in [0.4, 0.5) is 0 Å². The van der Waals surface area contributed by atoms with E-state index in [1.807, 2.05) is 25.7 Å². The lowest BCUT2D eigenvalue weighted by Crippen LogP contribution is -2.48. The van der Waals surface area contributed by atoms with Crippen LogP contribution in [0.25, 0.3) is 0 Å². The van der Waals surface area contributed by atoms with Crippen molar-refractivity contribution in [2.75, 3.05) is 19.6 Å². The minimum Gasteiger partial charge on any atom is -0.361 e. The maximum absolute atomic E-state index is 12.9. The van der Waals surface area contributed by atoms with Gasteiger partial charge >= 0.3 is 0 Å². The van der Waals surface area contributed by atoms with Crippen LogP contribution in [0, 0.1) is 26.7 Å². The number of tetrazole rings is 1. The van der Waals surface area contributed by atoms with Crippen LogP contribution in [0.15, 0.2) is 4.52 Å². The molecule has 0 aromatic carbocycles. The Bertz CT molecular complexity index is 779. The molecule has 3 fully saturated rings. The van der Waals surface area contributed by atoms with Gasteiger partial charge in [0.05, 0.1) is 5.69 Å². The number of aryl methyl sites for hydroxylation is 3. The molecule has 5 heterocycles. The first kappa shape index (κ1) is 17.1. The fourth-order valence-electron chi connectivity index (χ4n) is 4.18. The molecule has 3 aliphatic heterocycles. The first-order valence-corrected chi connectivity index (χ1v) is 9.17. The Balaban J connectivity index is 1.46.